The zero-order valence-electron chi connectivity index (χ0n) is 15.6. The Morgan fingerprint density at radius 2 is 1.88 bits per heavy atom. The molecule has 0 saturated carbocycles. The van der Waals surface area contributed by atoms with Crippen LogP contribution in [0.2, 0.25) is 0 Å². The van der Waals surface area contributed by atoms with Crippen LogP contribution in [-0.4, -0.2) is 40.0 Å². The van der Waals surface area contributed by atoms with Gasteiger partial charge < -0.3 is 9.47 Å². The molecule has 146 valence electrons. The van der Waals surface area contributed by atoms with Crippen LogP contribution in [0.1, 0.15) is 38.7 Å². The highest BCUT2D eigenvalue weighted by Gasteiger charge is 2.15. The molecule has 1 atom stereocenters. The summed E-state index contributed by atoms with van der Waals surface area (Å²) < 4.78 is 38.5. The number of hydrogen-bond donors (Lipinski definition) is 0. The summed E-state index contributed by atoms with van der Waals surface area (Å²) in [5, 5.41) is 0. The average molecular weight is 384 g/mol. The highest BCUT2D eigenvalue weighted by atomic mass is 32.2. The lowest BCUT2D eigenvalue weighted by molar-refractivity contribution is -0.138. The summed E-state index contributed by atoms with van der Waals surface area (Å²) in [4.78, 5) is 11.6. The van der Waals surface area contributed by atoms with E-state index in [-0.39, 0.29) is 5.97 Å². The predicted octanol–water partition coefficient (Wildman–Crippen LogP) is 3.23. The summed E-state index contributed by atoms with van der Waals surface area (Å²) in [6.45, 7) is 4.59. The largest absolute Gasteiger partial charge is 0.463 e. The Morgan fingerprint density at radius 1 is 1.19 bits per heavy atom. The minimum atomic E-state index is -3.56. The zero-order chi connectivity index (χ0) is 19.4. The fourth-order valence-corrected chi connectivity index (χ4v) is 2.97. The molecule has 0 saturated heterocycles. The van der Waals surface area contributed by atoms with E-state index in [9.17, 15) is 13.2 Å². The fraction of sp³-hybridized carbons (Fsp3) is 0.526. The molecule has 0 unspecified atom stereocenters. The van der Waals surface area contributed by atoms with Gasteiger partial charge in [0.15, 0.2) is 0 Å². The van der Waals surface area contributed by atoms with Gasteiger partial charge in [0.2, 0.25) is 0 Å². The highest BCUT2D eigenvalue weighted by Crippen LogP contribution is 2.13. The first kappa shape index (κ1) is 22.3. The van der Waals surface area contributed by atoms with Gasteiger partial charge in [-0.3, -0.25) is 4.18 Å². The van der Waals surface area contributed by atoms with Gasteiger partial charge in [-0.25, -0.2) is 4.79 Å². The number of hydrogen-bond acceptors (Lipinski definition) is 6. The van der Waals surface area contributed by atoms with Crippen LogP contribution in [-0.2, 0) is 35.2 Å². The molecular weight excluding hydrogens is 356 g/mol. The van der Waals surface area contributed by atoms with E-state index in [0.29, 0.717) is 44.7 Å². The lowest BCUT2D eigenvalue weighted by atomic mass is 10.1. The van der Waals surface area contributed by atoms with Gasteiger partial charge in [0.25, 0.3) is 10.1 Å². The smallest absolute Gasteiger partial charge is 0.333 e. The molecule has 7 heteroatoms. The molecule has 6 nitrogen and oxygen atoms in total. The van der Waals surface area contributed by atoms with Crippen LogP contribution in [0.15, 0.2) is 42.0 Å². The van der Waals surface area contributed by atoms with Gasteiger partial charge in [-0.05, 0) is 38.7 Å². The Balaban J connectivity index is 2.46. The lowest BCUT2D eigenvalue weighted by Gasteiger charge is -2.16. The van der Waals surface area contributed by atoms with Crippen LogP contribution >= 0.6 is 0 Å². The van der Waals surface area contributed by atoms with Crippen molar-refractivity contribution in [3.05, 3.63) is 47.5 Å². The Bertz CT molecular complexity index is 667. The molecule has 0 bridgehead atoms. The van der Waals surface area contributed by atoms with E-state index in [2.05, 4.69) is 0 Å². The van der Waals surface area contributed by atoms with Crippen molar-refractivity contribution >= 4 is 16.1 Å². The second kappa shape index (κ2) is 11.8. The Morgan fingerprint density at radius 3 is 2.50 bits per heavy atom. The van der Waals surface area contributed by atoms with Crippen molar-refractivity contribution in [2.75, 3.05) is 19.5 Å². The van der Waals surface area contributed by atoms with Gasteiger partial charge in [0.1, 0.15) is 0 Å². The molecular formula is C19H28O6S. The standard InChI is InChI=1S/C19H28O6S/c1-4-24-19(20)16(2)9-8-12-18(25-26(3,21)22)13-14-23-15-17-10-6-5-7-11-17/h5-7,9-11,18H,4,8,12-15H2,1-3H3/b16-9-/t18-/m1/s1. The first-order valence-electron chi connectivity index (χ1n) is 8.65. The van der Waals surface area contributed by atoms with Gasteiger partial charge >= 0.3 is 5.97 Å². The van der Waals surface area contributed by atoms with Gasteiger partial charge in [-0.15, -0.1) is 0 Å². The molecule has 0 N–H and O–H groups in total. The third-order valence-corrected chi connectivity index (χ3v) is 4.16. The minimum Gasteiger partial charge on any atom is -0.463 e. The van der Waals surface area contributed by atoms with E-state index < -0.39 is 16.2 Å². The molecule has 0 fully saturated rings. The van der Waals surface area contributed by atoms with Crippen molar-refractivity contribution in [3.63, 3.8) is 0 Å². The molecule has 1 aromatic rings. The number of ether oxygens (including phenoxy) is 2. The topological polar surface area (TPSA) is 78.9 Å². The maximum absolute atomic E-state index is 11.6. The van der Waals surface area contributed by atoms with Crippen molar-refractivity contribution < 1.29 is 26.9 Å². The number of esters is 1. The molecule has 0 aliphatic heterocycles. The maximum Gasteiger partial charge on any atom is 0.333 e. The van der Waals surface area contributed by atoms with E-state index in [1.165, 1.54) is 0 Å². The first-order chi connectivity index (χ1) is 12.3. The summed E-state index contributed by atoms with van der Waals surface area (Å²) in [7, 11) is -3.56. The molecule has 26 heavy (non-hydrogen) atoms. The van der Waals surface area contributed by atoms with Crippen molar-refractivity contribution in [2.45, 2.75) is 45.8 Å². The highest BCUT2D eigenvalue weighted by molar-refractivity contribution is 7.86. The molecule has 0 amide bonds. The molecule has 0 spiro atoms. The lowest BCUT2D eigenvalue weighted by Crippen LogP contribution is -2.19. The van der Waals surface area contributed by atoms with Gasteiger partial charge in [0, 0.05) is 12.2 Å². The quantitative estimate of drug-likeness (QED) is 0.238. The summed E-state index contributed by atoms with van der Waals surface area (Å²) in [5.74, 6) is -0.362. The molecule has 0 aromatic heterocycles. The number of carbonyl (C=O) groups excluding carboxylic acids is 1. The van der Waals surface area contributed by atoms with Crippen molar-refractivity contribution in [1.82, 2.24) is 0 Å². The minimum absolute atomic E-state index is 0.322. The van der Waals surface area contributed by atoms with Crippen molar-refractivity contribution in [2.24, 2.45) is 0 Å². The Hall–Kier alpha value is -1.70. The third-order valence-electron chi connectivity index (χ3n) is 3.54. The Labute approximate surface area is 156 Å². The monoisotopic (exact) mass is 384 g/mol. The summed E-state index contributed by atoms with van der Waals surface area (Å²) in [6, 6.07) is 9.74. The SMILES string of the molecule is CCOC(=O)/C(C)=C\CC[C@H](CCOCc1ccccc1)OS(C)(=O)=O. The van der Waals surface area contributed by atoms with Crippen LogP contribution in [0, 0.1) is 0 Å². The second-order valence-corrected chi connectivity index (χ2v) is 7.53. The predicted molar refractivity (Wildman–Crippen MR) is 100 cm³/mol. The molecule has 1 aromatic carbocycles. The Kier molecular flexibility index (Phi) is 10.2. The van der Waals surface area contributed by atoms with E-state index in [0.717, 1.165) is 11.8 Å². The number of rotatable bonds is 12. The van der Waals surface area contributed by atoms with E-state index in [1.54, 1.807) is 19.9 Å². The maximum atomic E-state index is 11.6. The molecule has 1 rings (SSSR count). The van der Waals surface area contributed by atoms with E-state index in [4.69, 9.17) is 13.7 Å². The molecule has 0 aliphatic carbocycles. The zero-order valence-corrected chi connectivity index (χ0v) is 16.5. The third kappa shape index (κ3) is 10.3. The van der Waals surface area contributed by atoms with Crippen LogP contribution in [0.5, 0.6) is 0 Å². The second-order valence-electron chi connectivity index (χ2n) is 5.93. The summed E-state index contributed by atoms with van der Waals surface area (Å²) in [5.41, 5.74) is 1.56. The molecule has 0 heterocycles. The van der Waals surface area contributed by atoms with Crippen molar-refractivity contribution in [3.8, 4) is 0 Å². The number of allylic oxidation sites excluding steroid dienone is 1. The summed E-state index contributed by atoms with van der Waals surface area (Å²) >= 11 is 0. The van der Waals surface area contributed by atoms with Crippen molar-refractivity contribution in [1.29, 1.82) is 0 Å². The molecule has 0 aliphatic rings. The first-order valence-corrected chi connectivity index (χ1v) is 10.5. The normalized spacial score (nSPS) is 13.4. The van der Waals surface area contributed by atoms with Crippen LogP contribution in [0.4, 0.5) is 0 Å². The number of benzene rings is 1. The van der Waals surface area contributed by atoms with Crippen LogP contribution < -0.4 is 0 Å². The van der Waals surface area contributed by atoms with E-state index >= 15 is 0 Å². The van der Waals surface area contributed by atoms with Crippen LogP contribution in [0.3, 0.4) is 0 Å². The van der Waals surface area contributed by atoms with E-state index in [1.807, 2.05) is 30.3 Å². The average Bonchev–Trinajstić information content (AvgIpc) is 2.58. The van der Waals surface area contributed by atoms with Gasteiger partial charge in [0.05, 0.1) is 25.6 Å². The fourth-order valence-electron chi connectivity index (χ4n) is 2.28. The van der Waals surface area contributed by atoms with Gasteiger partial charge in [-0.1, -0.05) is 36.4 Å². The van der Waals surface area contributed by atoms with Crippen LogP contribution in [0.25, 0.3) is 0 Å². The number of carbonyl (C=O) groups is 1. The summed E-state index contributed by atoms with van der Waals surface area (Å²) in [6.07, 6.45) is 3.72. The molecule has 0 radical (unpaired) electrons. The van der Waals surface area contributed by atoms with Gasteiger partial charge in [-0.2, -0.15) is 8.42 Å².